The van der Waals surface area contributed by atoms with Crippen molar-refractivity contribution >= 4 is 11.6 Å². The molecule has 2 aromatic heterocycles. The SMILES string of the molecule is CC(N)c1ccc(Oc2cncc(Cl)c2)cn1. The second-order valence-corrected chi connectivity index (χ2v) is 4.08. The van der Waals surface area contributed by atoms with Crippen LogP contribution >= 0.6 is 11.6 Å². The minimum absolute atomic E-state index is 0.0862. The Morgan fingerprint density at radius 3 is 2.65 bits per heavy atom. The van der Waals surface area contributed by atoms with Crippen LogP contribution in [0.3, 0.4) is 0 Å². The number of ether oxygens (including phenoxy) is 1. The Bertz CT molecular complexity index is 499. The molecule has 0 spiro atoms. The highest BCUT2D eigenvalue weighted by Crippen LogP contribution is 2.22. The molecular formula is C12H12ClN3O. The van der Waals surface area contributed by atoms with E-state index in [0.29, 0.717) is 16.5 Å². The van der Waals surface area contributed by atoms with E-state index in [-0.39, 0.29) is 6.04 Å². The summed E-state index contributed by atoms with van der Waals surface area (Å²) in [7, 11) is 0. The summed E-state index contributed by atoms with van der Waals surface area (Å²) in [5.41, 5.74) is 6.53. The molecule has 2 heterocycles. The third-order valence-electron chi connectivity index (χ3n) is 2.14. The molecule has 0 amide bonds. The van der Waals surface area contributed by atoms with Crippen molar-refractivity contribution in [3.8, 4) is 11.5 Å². The molecule has 1 atom stereocenters. The van der Waals surface area contributed by atoms with Gasteiger partial charge in [0.1, 0.15) is 11.5 Å². The first-order chi connectivity index (χ1) is 8.15. The molecule has 0 fully saturated rings. The van der Waals surface area contributed by atoms with Crippen molar-refractivity contribution in [1.82, 2.24) is 9.97 Å². The summed E-state index contributed by atoms with van der Waals surface area (Å²) in [6, 6.07) is 5.25. The lowest BCUT2D eigenvalue weighted by molar-refractivity contribution is 0.477. The number of pyridine rings is 2. The van der Waals surface area contributed by atoms with E-state index in [1.165, 1.54) is 0 Å². The third-order valence-corrected chi connectivity index (χ3v) is 2.35. The van der Waals surface area contributed by atoms with Crippen molar-refractivity contribution in [2.75, 3.05) is 0 Å². The first kappa shape index (κ1) is 11.8. The van der Waals surface area contributed by atoms with Gasteiger partial charge >= 0.3 is 0 Å². The van der Waals surface area contributed by atoms with E-state index in [1.807, 2.05) is 19.1 Å². The minimum Gasteiger partial charge on any atom is -0.454 e. The maximum absolute atomic E-state index is 5.80. The molecule has 2 aromatic rings. The Balaban J connectivity index is 2.14. The van der Waals surface area contributed by atoms with Crippen LogP contribution in [0.4, 0.5) is 0 Å². The first-order valence-electron chi connectivity index (χ1n) is 5.15. The Labute approximate surface area is 104 Å². The molecule has 0 saturated heterocycles. The second-order valence-electron chi connectivity index (χ2n) is 3.65. The fourth-order valence-corrected chi connectivity index (χ4v) is 1.47. The lowest BCUT2D eigenvalue weighted by Gasteiger charge is -2.07. The van der Waals surface area contributed by atoms with Crippen LogP contribution in [0.1, 0.15) is 18.7 Å². The summed E-state index contributed by atoms with van der Waals surface area (Å²) in [4.78, 5) is 8.12. The maximum Gasteiger partial charge on any atom is 0.147 e. The number of nitrogens with two attached hydrogens (primary N) is 1. The van der Waals surface area contributed by atoms with Gasteiger partial charge in [0.2, 0.25) is 0 Å². The van der Waals surface area contributed by atoms with Gasteiger partial charge in [-0.3, -0.25) is 9.97 Å². The molecule has 0 bridgehead atoms. The van der Waals surface area contributed by atoms with Gasteiger partial charge < -0.3 is 10.5 Å². The molecule has 0 aliphatic heterocycles. The smallest absolute Gasteiger partial charge is 0.147 e. The molecule has 17 heavy (non-hydrogen) atoms. The lowest BCUT2D eigenvalue weighted by atomic mass is 10.2. The standard InChI is InChI=1S/C12H12ClN3O/c1-8(14)12-3-2-10(7-16-12)17-11-4-9(13)5-15-6-11/h2-8H,14H2,1H3. The highest BCUT2D eigenvalue weighted by molar-refractivity contribution is 6.30. The van der Waals surface area contributed by atoms with Gasteiger partial charge in [0.25, 0.3) is 0 Å². The summed E-state index contributed by atoms with van der Waals surface area (Å²) < 4.78 is 5.54. The number of halogens is 1. The number of aromatic nitrogens is 2. The molecule has 88 valence electrons. The van der Waals surface area contributed by atoms with E-state index in [2.05, 4.69) is 9.97 Å². The molecular weight excluding hydrogens is 238 g/mol. The van der Waals surface area contributed by atoms with E-state index >= 15 is 0 Å². The first-order valence-corrected chi connectivity index (χ1v) is 5.53. The Morgan fingerprint density at radius 2 is 2.06 bits per heavy atom. The van der Waals surface area contributed by atoms with Crippen molar-refractivity contribution in [3.05, 3.63) is 47.5 Å². The van der Waals surface area contributed by atoms with E-state index in [4.69, 9.17) is 22.1 Å². The van der Waals surface area contributed by atoms with Gasteiger partial charge in [0, 0.05) is 18.3 Å². The fraction of sp³-hybridized carbons (Fsp3) is 0.167. The van der Waals surface area contributed by atoms with Crippen LogP contribution in [-0.4, -0.2) is 9.97 Å². The largest absolute Gasteiger partial charge is 0.454 e. The zero-order valence-corrected chi connectivity index (χ0v) is 10.1. The predicted octanol–water partition coefficient (Wildman–Crippen LogP) is 2.94. The molecule has 2 N–H and O–H groups in total. The van der Waals surface area contributed by atoms with Crippen molar-refractivity contribution < 1.29 is 4.74 Å². The minimum atomic E-state index is -0.0862. The molecule has 5 heteroatoms. The maximum atomic E-state index is 5.80. The molecule has 4 nitrogen and oxygen atoms in total. The Hall–Kier alpha value is -1.65. The van der Waals surface area contributed by atoms with Crippen LogP contribution in [0.5, 0.6) is 11.5 Å². The second kappa shape index (κ2) is 5.12. The molecule has 1 unspecified atom stereocenters. The normalized spacial score (nSPS) is 12.2. The van der Waals surface area contributed by atoms with Crippen LogP contribution in [0, 0.1) is 0 Å². The van der Waals surface area contributed by atoms with Gasteiger partial charge in [-0.2, -0.15) is 0 Å². The number of hydrogen-bond donors (Lipinski definition) is 1. The van der Waals surface area contributed by atoms with E-state index < -0.39 is 0 Å². The van der Waals surface area contributed by atoms with E-state index in [9.17, 15) is 0 Å². The summed E-state index contributed by atoms with van der Waals surface area (Å²) in [6.07, 6.45) is 4.76. The summed E-state index contributed by atoms with van der Waals surface area (Å²) in [6.45, 7) is 1.88. The fourth-order valence-electron chi connectivity index (χ4n) is 1.31. The van der Waals surface area contributed by atoms with Crippen LogP contribution < -0.4 is 10.5 Å². The quantitative estimate of drug-likeness (QED) is 0.909. The van der Waals surface area contributed by atoms with Crippen molar-refractivity contribution in [1.29, 1.82) is 0 Å². The van der Waals surface area contributed by atoms with Gasteiger partial charge in [-0.25, -0.2) is 0 Å². The van der Waals surface area contributed by atoms with Crippen LogP contribution in [-0.2, 0) is 0 Å². The van der Waals surface area contributed by atoms with Crippen molar-refractivity contribution in [3.63, 3.8) is 0 Å². The number of hydrogen-bond acceptors (Lipinski definition) is 4. The molecule has 0 radical (unpaired) electrons. The molecule has 0 aliphatic rings. The van der Waals surface area contributed by atoms with Gasteiger partial charge in [-0.15, -0.1) is 0 Å². The highest BCUT2D eigenvalue weighted by atomic mass is 35.5. The summed E-state index contributed by atoms with van der Waals surface area (Å²) in [5.74, 6) is 1.20. The topological polar surface area (TPSA) is 61.0 Å². The molecule has 0 aliphatic carbocycles. The zero-order chi connectivity index (χ0) is 12.3. The predicted molar refractivity (Wildman–Crippen MR) is 66.2 cm³/mol. The van der Waals surface area contributed by atoms with Crippen molar-refractivity contribution in [2.45, 2.75) is 13.0 Å². The van der Waals surface area contributed by atoms with Gasteiger partial charge in [0.05, 0.1) is 23.1 Å². The Morgan fingerprint density at radius 1 is 1.24 bits per heavy atom. The zero-order valence-electron chi connectivity index (χ0n) is 9.30. The van der Waals surface area contributed by atoms with Gasteiger partial charge in [-0.05, 0) is 19.1 Å². The average molecular weight is 250 g/mol. The van der Waals surface area contributed by atoms with E-state index in [1.54, 1.807) is 24.7 Å². The van der Waals surface area contributed by atoms with Crippen molar-refractivity contribution in [2.24, 2.45) is 5.73 Å². The number of rotatable bonds is 3. The van der Waals surface area contributed by atoms with E-state index in [0.717, 1.165) is 5.69 Å². The Kier molecular flexibility index (Phi) is 3.56. The molecule has 0 saturated carbocycles. The summed E-state index contributed by atoms with van der Waals surface area (Å²) >= 11 is 5.80. The summed E-state index contributed by atoms with van der Waals surface area (Å²) in [5, 5.41) is 0.530. The van der Waals surface area contributed by atoms with Crippen LogP contribution in [0.25, 0.3) is 0 Å². The van der Waals surface area contributed by atoms with Crippen LogP contribution in [0.2, 0.25) is 5.02 Å². The number of nitrogens with zero attached hydrogens (tertiary/aromatic N) is 2. The molecule has 2 rings (SSSR count). The van der Waals surface area contributed by atoms with Gasteiger partial charge in [0.15, 0.2) is 0 Å². The van der Waals surface area contributed by atoms with Gasteiger partial charge in [-0.1, -0.05) is 11.6 Å². The molecule has 0 aromatic carbocycles. The highest BCUT2D eigenvalue weighted by Gasteiger charge is 2.02. The monoisotopic (exact) mass is 249 g/mol. The third kappa shape index (κ3) is 3.15. The average Bonchev–Trinajstić information content (AvgIpc) is 2.29. The van der Waals surface area contributed by atoms with Crippen LogP contribution in [0.15, 0.2) is 36.8 Å². The lowest BCUT2D eigenvalue weighted by Crippen LogP contribution is -2.06.